The molecule has 2 unspecified atom stereocenters. The molecule has 2 fully saturated rings. The highest BCUT2D eigenvalue weighted by Gasteiger charge is 2.41. The Hall–Kier alpha value is -0.380. The summed E-state index contributed by atoms with van der Waals surface area (Å²) in [7, 11) is 0. The van der Waals surface area contributed by atoms with Gasteiger partial charge in [0.1, 0.15) is 0 Å². The summed E-state index contributed by atoms with van der Waals surface area (Å²) in [6, 6.07) is 2.65. The molecule has 0 aromatic carbocycles. The Balaban J connectivity index is 1.51. The molecule has 4 rings (SSSR count). The van der Waals surface area contributed by atoms with Gasteiger partial charge in [-0.3, -0.25) is 0 Å². The first kappa shape index (κ1) is 13.3. The summed E-state index contributed by atoms with van der Waals surface area (Å²) < 4.78 is 6.15. The van der Waals surface area contributed by atoms with Crippen molar-refractivity contribution >= 4 is 11.3 Å². The molecule has 3 heteroatoms. The van der Waals surface area contributed by atoms with Gasteiger partial charge in [-0.1, -0.05) is 12.8 Å². The van der Waals surface area contributed by atoms with Gasteiger partial charge in [0.15, 0.2) is 0 Å². The molecule has 0 amide bonds. The van der Waals surface area contributed by atoms with Crippen LogP contribution < -0.4 is 5.73 Å². The maximum absolute atomic E-state index is 6.64. The molecule has 2 nitrogen and oxygen atoms in total. The number of hydrogen-bond donors (Lipinski definition) is 1. The van der Waals surface area contributed by atoms with Gasteiger partial charge in [0.25, 0.3) is 0 Å². The van der Waals surface area contributed by atoms with Gasteiger partial charge in [-0.25, -0.2) is 0 Å². The fourth-order valence-electron chi connectivity index (χ4n) is 4.49. The van der Waals surface area contributed by atoms with E-state index in [0.717, 1.165) is 13.0 Å². The van der Waals surface area contributed by atoms with Crippen LogP contribution in [0.15, 0.2) is 6.07 Å². The maximum Gasteiger partial charge on any atom is 0.0686 e. The maximum atomic E-state index is 6.64. The minimum Gasteiger partial charge on any atom is -0.375 e. The van der Waals surface area contributed by atoms with E-state index >= 15 is 0 Å². The molecule has 1 saturated carbocycles. The van der Waals surface area contributed by atoms with Crippen molar-refractivity contribution in [3.8, 4) is 0 Å². The standard InChI is InChI=1S/C17H25NOS/c18-16(15-10-12-4-3-5-14(12)20-15)13-6-9-19-17(11-13)7-1-2-8-17/h10,13,16H,1-9,11,18H2. The van der Waals surface area contributed by atoms with Crippen molar-refractivity contribution in [2.45, 2.75) is 69.4 Å². The summed E-state index contributed by atoms with van der Waals surface area (Å²) in [5.41, 5.74) is 8.42. The molecule has 1 aromatic heterocycles. The molecular weight excluding hydrogens is 266 g/mol. The lowest BCUT2D eigenvalue weighted by Crippen LogP contribution is -2.40. The number of hydrogen-bond acceptors (Lipinski definition) is 3. The number of nitrogens with two attached hydrogens (primary N) is 1. The molecule has 3 aliphatic rings. The van der Waals surface area contributed by atoms with Gasteiger partial charge in [0, 0.05) is 22.4 Å². The monoisotopic (exact) mass is 291 g/mol. The molecule has 2 aliphatic carbocycles. The number of thiophene rings is 1. The Labute approximate surface area is 125 Å². The van der Waals surface area contributed by atoms with Crippen LogP contribution in [0.3, 0.4) is 0 Å². The number of rotatable bonds is 2. The molecule has 0 bridgehead atoms. The number of aryl methyl sites for hydroxylation is 2. The van der Waals surface area contributed by atoms with Gasteiger partial charge in [0.2, 0.25) is 0 Å². The fourth-order valence-corrected chi connectivity index (χ4v) is 5.84. The van der Waals surface area contributed by atoms with Crippen molar-refractivity contribution in [2.75, 3.05) is 6.61 Å². The molecule has 1 saturated heterocycles. The van der Waals surface area contributed by atoms with E-state index in [-0.39, 0.29) is 11.6 Å². The summed E-state index contributed by atoms with van der Waals surface area (Å²) in [6.07, 6.45) is 11.4. The van der Waals surface area contributed by atoms with Gasteiger partial charge >= 0.3 is 0 Å². The SMILES string of the molecule is NC(c1cc2c(s1)CCC2)C1CCOC2(CCCC2)C1. The Morgan fingerprint density at radius 2 is 2.10 bits per heavy atom. The zero-order valence-electron chi connectivity index (χ0n) is 12.2. The third-order valence-electron chi connectivity index (χ3n) is 5.65. The molecule has 0 radical (unpaired) electrons. The van der Waals surface area contributed by atoms with Crippen molar-refractivity contribution in [1.29, 1.82) is 0 Å². The second kappa shape index (κ2) is 5.11. The molecule has 2 heterocycles. The van der Waals surface area contributed by atoms with E-state index in [2.05, 4.69) is 6.07 Å². The smallest absolute Gasteiger partial charge is 0.0686 e. The average Bonchev–Trinajstić information content (AvgIpc) is 3.13. The van der Waals surface area contributed by atoms with E-state index in [1.807, 2.05) is 11.3 Å². The van der Waals surface area contributed by atoms with E-state index in [1.165, 1.54) is 56.2 Å². The van der Waals surface area contributed by atoms with Gasteiger partial charge in [-0.15, -0.1) is 11.3 Å². The summed E-state index contributed by atoms with van der Waals surface area (Å²) >= 11 is 1.99. The van der Waals surface area contributed by atoms with E-state index in [9.17, 15) is 0 Å². The summed E-state index contributed by atoms with van der Waals surface area (Å²) in [5, 5.41) is 0. The normalized spacial score (nSPS) is 29.8. The molecule has 20 heavy (non-hydrogen) atoms. The van der Waals surface area contributed by atoms with Crippen LogP contribution >= 0.6 is 11.3 Å². The first-order valence-electron chi connectivity index (χ1n) is 8.27. The summed E-state index contributed by atoms with van der Waals surface area (Å²) in [6.45, 7) is 0.920. The van der Waals surface area contributed by atoms with Gasteiger partial charge in [-0.2, -0.15) is 0 Å². The fraction of sp³-hybridized carbons (Fsp3) is 0.765. The molecule has 1 aliphatic heterocycles. The lowest BCUT2D eigenvalue weighted by atomic mass is 9.80. The molecular formula is C17H25NOS. The van der Waals surface area contributed by atoms with Crippen molar-refractivity contribution < 1.29 is 4.74 Å². The van der Waals surface area contributed by atoms with Gasteiger partial charge < -0.3 is 10.5 Å². The van der Waals surface area contributed by atoms with Crippen LogP contribution in [0, 0.1) is 5.92 Å². The lowest BCUT2D eigenvalue weighted by molar-refractivity contribution is -0.0962. The van der Waals surface area contributed by atoms with Crippen LogP contribution in [0.4, 0.5) is 0 Å². The predicted octanol–water partition coefficient (Wildman–Crippen LogP) is 3.98. The summed E-state index contributed by atoms with van der Waals surface area (Å²) in [4.78, 5) is 3.05. The molecule has 1 aromatic rings. The van der Waals surface area contributed by atoms with Crippen LogP contribution in [-0.4, -0.2) is 12.2 Å². The highest BCUT2D eigenvalue weighted by atomic mass is 32.1. The van der Waals surface area contributed by atoms with Crippen LogP contribution in [0.5, 0.6) is 0 Å². The zero-order chi connectivity index (χ0) is 13.6. The van der Waals surface area contributed by atoms with Crippen molar-refractivity contribution in [2.24, 2.45) is 11.7 Å². The Morgan fingerprint density at radius 1 is 1.25 bits per heavy atom. The highest BCUT2D eigenvalue weighted by Crippen LogP contribution is 2.46. The first-order valence-corrected chi connectivity index (χ1v) is 9.08. The summed E-state index contributed by atoms with van der Waals surface area (Å²) in [5.74, 6) is 0.626. The Bertz CT molecular complexity index is 468. The largest absolute Gasteiger partial charge is 0.375 e. The van der Waals surface area contributed by atoms with Crippen molar-refractivity contribution in [3.05, 3.63) is 21.4 Å². The molecule has 2 atom stereocenters. The van der Waals surface area contributed by atoms with E-state index in [1.54, 1.807) is 10.4 Å². The zero-order valence-corrected chi connectivity index (χ0v) is 13.0. The topological polar surface area (TPSA) is 35.2 Å². The van der Waals surface area contributed by atoms with Crippen LogP contribution in [0.1, 0.15) is 66.3 Å². The minimum absolute atomic E-state index is 0.195. The van der Waals surface area contributed by atoms with Gasteiger partial charge in [-0.05, 0) is 62.5 Å². The minimum atomic E-state index is 0.195. The molecule has 2 N–H and O–H groups in total. The number of fused-ring (bicyclic) bond motifs is 1. The van der Waals surface area contributed by atoms with Crippen LogP contribution in [0.2, 0.25) is 0 Å². The van der Waals surface area contributed by atoms with E-state index in [0.29, 0.717) is 5.92 Å². The van der Waals surface area contributed by atoms with Crippen molar-refractivity contribution in [1.82, 2.24) is 0 Å². The van der Waals surface area contributed by atoms with Crippen LogP contribution in [0.25, 0.3) is 0 Å². The third-order valence-corrected chi connectivity index (χ3v) is 6.99. The number of ether oxygens (including phenoxy) is 1. The highest BCUT2D eigenvalue weighted by molar-refractivity contribution is 7.12. The Kier molecular flexibility index (Phi) is 3.40. The quantitative estimate of drug-likeness (QED) is 0.894. The lowest BCUT2D eigenvalue weighted by Gasteiger charge is -2.40. The second-order valence-corrected chi connectivity index (χ2v) is 8.14. The second-order valence-electron chi connectivity index (χ2n) is 6.97. The van der Waals surface area contributed by atoms with Crippen molar-refractivity contribution in [3.63, 3.8) is 0 Å². The van der Waals surface area contributed by atoms with Gasteiger partial charge in [0.05, 0.1) is 5.60 Å². The Morgan fingerprint density at radius 3 is 2.90 bits per heavy atom. The van der Waals surface area contributed by atoms with E-state index in [4.69, 9.17) is 10.5 Å². The predicted molar refractivity (Wildman–Crippen MR) is 83.1 cm³/mol. The average molecular weight is 291 g/mol. The van der Waals surface area contributed by atoms with Crippen LogP contribution in [-0.2, 0) is 17.6 Å². The first-order chi connectivity index (χ1) is 9.76. The molecule has 110 valence electrons. The third kappa shape index (κ3) is 2.24. The van der Waals surface area contributed by atoms with E-state index < -0.39 is 0 Å². The molecule has 1 spiro atoms.